The lowest BCUT2D eigenvalue weighted by molar-refractivity contribution is -0.0972. The second-order valence-corrected chi connectivity index (χ2v) is 10.8. The first-order valence-corrected chi connectivity index (χ1v) is 11.9. The quantitative estimate of drug-likeness (QED) is 0.568. The van der Waals surface area contributed by atoms with E-state index in [1.165, 1.54) is 11.1 Å². The lowest BCUT2D eigenvalue weighted by Crippen LogP contribution is -2.47. The summed E-state index contributed by atoms with van der Waals surface area (Å²) in [4.78, 5) is 2.56. The van der Waals surface area contributed by atoms with E-state index in [1.807, 2.05) is 0 Å². The molecule has 164 valence electrons. The Morgan fingerprint density at radius 3 is 2.67 bits per heavy atom. The first-order chi connectivity index (χ1) is 14.3. The van der Waals surface area contributed by atoms with Crippen LogP contribution in [0.1, 0.15) is 70.0 Å². The molecule has 30 heavy (non-hydrogen) atoms. The Morgan fingerprint density at radius 2 is 2.07 bits per heavy atom. The summed E-state index contributed by atoms with van der Waals surface area (Å²) in [6.07, 6.45) is 6.36. The normalized spacial score (nSPS) is 25.5. The Hall–Kier alpha value is -1.29. The predicted octanol–water partition coefficient (Wildman–Crippen LogP) is 5.41. The Labute approximate surface area is 188 Å². The minimum atomic E-state index is -0.331. The SMILES string of the molecule is COc1cc2c(c(Br)c1OCC1(C#N)CCC1)CCN1CC(OC(C)(C)C)CCC21. The highest BCUT2D eigenvalue weighted by Gasteiger charge is 2.40. The lowest BCUT2D eigenvalue weighted by Gasteiger charge is -2.45. The minimum absolute atomic E-state index is 0.106. The molecule has 2 heterocycles. The third-order valence-electron chi connectivity index (χ3n) is 6.75. The van der Waals surface area contributed by atoms with Gasteiger partial charge < -0.3 is 14.2 Å². The van der Waals surface area contributed by atoms with Crippen molar-refractivity contribution in [1.29, 1.82) is 5.26 Å². The fourth-order valence-corrected chi connectivity index (χ4v) is 5.80. The molecule has 1 aromatic carbocycles. The van der Waals surface area contributed by atoms with E-state index in [-0.39, 0.29) is 11.0 Å². The van der Waals surface area contributed by atoms with E-state index in [4.69, 9.17) is 14.2 Å². The van der Waals surface area contributed by atoms with Gasteiger partial charge in [-0.3, -0.25) is 4.90 Å². The van der Waals surface area contributed by atoms with Gasteiger partial charge in [-0.05, 0) is 86.0 Å². The van der Waals surface area contributed by atoms with Crippen LogP contribution in [0.25, 0.3) is 0 Å². The number of hydrogen-bond acceptors (Lipinski definition) is 5. The molecule has 3 aliphatic rings. The number of nitriles is 1. The van der Waals surface area contributed by atoms with Gasteiger partial charge in [0, 0.05) is 19.1 Å². The van der Waals surface area contributed by atoms with Crippen molar-refractivity contribution in [1.82, 2.24) is 4.90 Å². The Morgan fingerprint density at radius 1 is 1.30 bits per heavy atom. The molecule has 0 radical (unpaired) electrons. The summed E-state index contributed by atoms with van der Waals surface area (Å²) in [7, 11) is 1.69. The van der Waals surface area contributed by atoms with E-state index in [9.17, 15) is 5.26 Å². The molecular formula is C24H33BrN2O3. The van der Waals surface area contributed by atoms with Crippen LogP contribution in [0, 0.1) is 16.7 Å². The van der Waals surface area contributed by atoms with Gasteiger partial charge in [0.25, 0.3) is 0 Å². The molecular weight excluding hydrogens is 444 g/mol. The molecule has 6 heteroatoms. The second kappa shape index (κ2) is 8.33. The average molecular weight is 477 g/mol. The summed E-state index contributed by atoms with van der Waals surface area (Å²) in [6.45, 7) is 8.83. The standard InChI is InChI=1S/C24H33BrN2O3/c1-23(2,3)30-16-6-7-19-18-12-20(28-4)22(29-15-24(14-26)9-5-10-24)21(25)17(18)8-11-27(19)13-16/h12,16,19H,5-11,13,15H2,1-4H3. The summed E-state index contributed by atoms with van der Waals surface area (Å²) in [6, 6.07) is 5.02. The van der Waals surface area contributed by atoms with Gasteiger partial charge in [-0.2, -0.15) is 5.26 Å². The highest BCUT2D eigenvalue weighted by Crippen LogP contribution is 2.48. The zero-order valence-corrected chi connectivity index (χ0v) is 20.2. The number of hydrogen-bond donors (Lipinski definition) is 0. The summed E-state index contributed by atoms with van der Waals surface area (Å²) in [5, 5.41) is 9.54. The lowest BCUT2D eigenvalue weighted by atomic mass is 9.71. The molecule has 1 aromatic rings. The number of benzene rings is 1. The Balaban J connectivity index is 1.55. The van der Waals surface area contributed by atoms with Crippen LogP contribution in [0.4, 0.5) is 0 Å². The first kappa shape index (κ1) is 21.9. The Kier molecular flexibility index (Phi) is 6.09. The van der Waals surface area contributed by atoms with Crippen LogP contribution >= 0.6 is 15.9 Å². The molecule has 2 atom stereocenters. The fourth-order valence-electron chi connectivity index (χ4n) is 5.06. The molecule has 0 amide bonds. The molecule has 1 aliphatic carbocycles. The van der Waals surface area contributed by atoms with Crippen LogP contribution in [0.5, 0.6) is 11.5 Å². The smallest absolute Gasteiger partial charge is 0.175 e. The number of ether oxygens (including phenoxy) is 3. The van der Waals surface area contributed by atoms with Crippen LogP contribution in [-0.2, 0) is 11.2 Å². The van der Waals surface area contributed by atoms with Gasteiger partial charge in [0.15, 0.2) is 11.5 Å². The predicted molar refractivity (Wildman–Crippen MR) is 120 cm³/mol. The van der Waals surface area contributed by atoms with Gasteiger partial charge in [-0.15, -0.1) is 0 Å². The van der Waals surface area contributed by atoms with Crippen molar-refractivity contribution in [3.05, 3.63) is 21.7 Å². The molecule has 2 fully saturated rings. The van der Waals surface area contributed by atoms with Gasteiger partial charge in [0.05, 0.1) is 34.8 Å². The van der Waals surface area contributed by atoms with Crippen molar-refractivity contribution < 1.29 is 14.2 Å². The van der Waals surface area contributed by atoms with Crippen molar-refractivity contribution in [3.8, 4) is 17.6 Å². The second-order valence-electron chi connectivity index (χ2n) is 10.0. The van der Waals surface area contributed by atoms with Crippen LogP contribution < -0.4 is 9.47 Å². The van der Waals surface area contributed by atoms with Gasteiger partial charge in [0.1, 0.15) is 6.61 Å². The molecule has 2 unspecified atom stereocenters. The summed E-state index contributed by atoms with van der Waals surface area (Å²) < 4.78 is 19.2. The third-order valence-corrected chi connectivity index (χ3v) is 7.59. The van der Waals surface area contributed by atoms with Crippen molar-refractivity contribution in [2.75, 3.05) is 26.8 Å². The van der Waals surface area contributed by atoms with E-state index in [2.05, 4.69) is 53.7 Å². The van der Waals surface area contributed by atoms with Crippen molar-refractivity contribution in [3.63, 3.8) is 0 Å². The molecule has 0 aromatic heterocycles. The zero-order valence-electron chi connectivity index (χ0n) is 18.6. The van der Waals surface area contributed by atoms with E-state index in [0.717, 1.165) is 67.6 Å². The first-order valence-electron chi connectivity index (χ1n) is 11.1. The maximum absolute atomic E-state index is 9.54. The van der Waals surface area contributed by atoms with Crippen molar-refractivity contribution in [2.24, 2.45) is 5.41 Å². The Bertz CT molecular complexity index is 838. The molecule has 0 N–H and O–H groups in total. The van der Waals surface area contributed by atoms with E-state index >= 15 is 0 Å². The average Bonchev–Trinajstić information content (AvgIpc) is 2.66. The molecule has 0 bridgehead atoms. The summed E-state index contributed by atoms with van der Waals surface area (Å²) in [5.41, 5.74) is 2.22. The third kappa shape index (κ3) is 4.22. The van der Waals surface area contributed by atoms with E-state index < -0.39 is 0 Å². The van der Waals surface area contributed by atoms with Crippen LogP contribution in [-0.4, -0.2) is 43.4 Å². The number of rotatable bonds is 5. The summed E-state index contributed by atoms with van der Waals surface area (Å²) in [5.74, 6) is 1.50. The van der Waals surface area contributed by atoms with Gasteiger partial charge in [-0.1, -0.05) is 6.42 Å². The number of nitrogens with zero attached hydrogens (tertiary/aromatic N) is 2. The maximum atomic E-state index is 9.54. The van der Waals surface area contributed by atoms with Crippen molar-refractivity contribution >= 4 is 15.9 Å². The number of methoxy groups -OCH3 is 1. The van der Waals surface area contributed by atoms with Crippen LogP contribution in [0.2, 0.25) is 0 Å². The van der Waals surface area contributed by atoms with Crippen LogP contribution in [0.15, 0.2) is 10.5 Å². The fraction of sp³-hybridized carbons (Fsp3) is 0.708. The molecule has 4 rings (SSSR count). The summed E-state index contributed by atoms with van der Waals surface area (Å²) >= 11 is 3.83. The molecule has 1 saturated carbocycles. The molecule has 2 aliphatic heterocycles. The molecule has 0 spiro atoms. The monoisotopic (exact) mass is 476 g/mol. The number of piperidine rings is 1. The number of fused-ring (bicyclic) bond motifs is 3. The topological polar surface area (TPSA) is 54.7 Å². The zero-order chi connectivity index (χ0) is 21.5. The molecule has 5 nitrogen and oxygen atoms in total. The van der Waals surface area contributed by atoms with Crippen LogP contribution in [0.3, 0.4) is 0 Å². The van der Waals surface area contributed by atoms with Gasteiger partial charge in [-0.25, -0.2) is 0 Å². The minimum Gasteiger partial charge on any atom is -0.493 e. The van der Waals surface area contributed by atoms with Gasteiger partial charge in [0.2, 0.25) is 0 Å². The van der Waals surface area contributed by atoms with Crippen molar-refractivity contribution in [2.45, 2.75) is 77.0 Å². The van der Waals surface area contributed by atoms with E-state index in [0.29, 0.717) is 18.8 Å². The largest absolute Gasteiger partial charge is 0.493 e. The van der Waals surface area contributed by atoms with Gasteiger partial charge >= 0.3 is 0 Å². The number of halogens is 1. The highest BCUT2D eigenvalue weighted by molar-refractivity contribution is 9.10. The van der Waals surface area contributed by atoms with E-state index in [1.54, 1.807) is 7.11 Å². The molecule has 1 saturated heterocycles. The maximum Gasteiger partial charge on any atom is 0.175 e. The highest BCUT2D eigenvalue weighted by atomic mass is 79.9.